The Labute approximate surface area is 201 Å². The summed E-state index contributed by atoms with van der Waals surface area (Å²) in [6.07, 6.45) is 0. The van der Waals surface area contributed by atoms with Crippen LogP contribution in [0.5, 0.6) is 0 Å². The Morgan fingerprint density at radius 1 is 0.486 bits per heavy atom. The largest absolute Gasteiger partial charge is 0.354 e. The van der Waals surface area contributed by atoms with Crippen molar-refractivity contribution in [3.05, 3.63) is 131 Å². The van der Waals surface area contributed by atoms with Crippen molar-refractivity contribution in [2.75, 3.05) is 5.32 Å². The Bertz CT molecular complexity index is 1660. The minimum absolute atomic E-state index is 0.139. The third-order valence-corrected chi connectivity index (χ3v) is 6.15. The van der Waals surface area contributed by atoms with Crippen molar-refractivity contribution < 1.29 is 9.59 Å². The molecular weight excluding hydrogens is 434 g/mol. The molecule has 0 saturated carbocycles. The Hall–Kier alpha value is -4.90. The number of nitrogens with zero attached hydrogens (tertiary/aromatic N) is 2. The molecule has 0 aliphatic heterocycles. The molecule has 5 aromatic carbocycles. The molecule has 0 fully saturated rings. The fourth-order valence-corrected chi connectivity index (χ4v) is 4.48. The van der Waals surface area contributed by atoms with E-state index in [0.717, 1.165) is 27.8 Å². The highest BCUT2D eigenvalue weighted by Crippen LogP contribution is 2.37. The average Bonchev–Trinajstić information content (AvgIpc) is 2.92. The zero-order chi connectivity index (χ0) is 23.8. The molecule has 1 aliphatic carbocycles. The minimum Gasteiger partial charge on any atom is -0.354 e. The lowest BCUT2D eigenvalue weighted by molar-refractivity contribution is 0.0979. The van der Waals surface area contributed by atoms with E-state index in [1.54, 1.807) is 36.4 Å². The second kappa shape index (κ2) is 8.47. The number of nitrogens with one attached hydrogen (secondary N) is 1. The van der Waals surface area contributed by atoms with Gasteiger partial charge in [0.1, 0.15) is 0 Å². The fraction of sp³-hybridized carbons (Fsp3) is 0. The van der Waals surface area contributed by atoms with Crippen LogP contribution in [0.2, 0.25) is 0 Å². The molecule has 0 amide bonds. The topological polar surface area (TPSA) is 70.9 Å². The van der Waals surface area contributed by atoms with Crippen LogP contribution in [0, 0.1) is 0 Å². The van der Waals surface area contributed by atoms with E-state index in [1.807, 2.05) is 72.8 Å². The highest BCUT2D eigenvalue weighted by Gasteiger charge is 2.31. The van der Waals surface area contributed by atoms with E-state index in [9.17, 15) is 9.59 Å². The molecule has 0 unspecified atom stereocenters. The van der Waals surface area contributed by atoms with Gasteiger partial charge in [0.05, 0.1) is 22.6 Å². The van der Waals surface area contributed by atoms with Crippen LogP contribution in [0.25, 0.3) is 10.8 Å². The monoisotopic (exact) mass is 453 g/mol. The molecule has 5 aromatic rings. The van der Waals surface area contributed by atoms with Crippen molar-refractivity contribution in [3.63, 3.8) is 0 Å². The number of carbonyl (C=O) groups excluding carboxylic acids is 2. The van der Waals surface area contributed by atoms with Gasteiger partial charge in [0.15, 0.2) is 11.6 Å². The summed E-state index contributed by atoms with van der Waals surface area (Å²) in [6.45, 7) is 0. The molecule has 1 N–H and O–H groups in total. The fourth-order valence-electron chi connectivity index (χ4n) is 4.48. The van der Waals surface area contributed by atoms with Gasteiger partial charge in [-0.15, -0.1) is 5.11 Å². The second-order valence-electron chi connectivity index (χ2n) is 8.27. The van der Waals surface area contributed by atoms with Gasteiger partial charge in [0, 0.05) is 33.2 Å². The number of anilines is 2. The quantitative estimate of drug-likeness (QED) is 0.277. The van der Waals surface area contributed by atoms with E-state index >= 15 is 0 Å². The molecule has 0 atom stereocenters. The number of azo groups is 1. The van der Waals surface area contributed by atoms with Gasteiger partial charge in [0.2, 0.25) is 0 Å². The average molecular weight is 454 g/mol. The highest BCUT2D eigenvalue weighted by atomic mass is 16.1. The van der Waals surface area contributed by atoms with Gasteiger partial charge in [-0.2, -0.15) is 5.11 Å². The van der Waals surface area contributed by atoms with Crippen LogP contribution in [-0.2, 0) is 0 Å². The second-order valence-corrected chi connectivity index (χ2v) is 8.27. The van der Waals surface area contributed by atoms with Crippen molar-refractivity contribution in [1.29, 1.82) is 0 Å². The molecule has 166 valence electrons. The lowest BCUT2D eigenvalue weighted by Gasteiger charge is -2.21. The number of ketones is 2. The van der Waals surface area contributed by atoms with Crippen LogP contribution in [0.4, 0.5) is 22.7 Å². The molecule has 1 aliphatic rings. The van der Waals surface area contributed by atoms with E-state index in [0.29, 0.717) is 27.9 Å². The zero-order valence-corrected chi connectivity index (χ0v) is 18.6. The third kappa shape index (κ3) is 3.60. The number of carbonyl (C=O) groups is 2. The number of rotatable bonds is 4. The van der Waals surface area contributed by atoms with Crippen molar-refractivity contribution >= 4 is 45.1 Å². The van der Waals surface area contributed by atoms with Crippen LogP contribution < -0.4 is 5.32 Å². The van der Waals surface area contributed by atoms with Gasteiger partial charge in [-0.3, -0.25) is 9.59 Å². The summed E-state index contributed by atoms with van der Waals surface area (Å²) in [7, 11) is 0. The van der Waals surface area contributed by atoms with Gasteiger partial charge in [0.25, 0.3) is 0 Å². The standard InChI is InChI=1S/C30H19N3O2/c34-29-22-13-6-7-14-23(22)30(35)28-24(29)15-8-16-27(28)31-25-17-18-26(21-12-5-4-11-20(21)25)33-32-19-9-2-1-3-10-19/h1-18,31H. The first-order valence-electron chi connectivity index (χ1n) is 11.3. The molecule has 0 bridgehead atoms. The Kier molecular flexibility index (Phi) is 5.00. The summed E-state index contributed by atoms with van der Waals surface area (Å²) in [5, 5.41) is 14.1. The molecule has 0 saturated heterocycles. The summed E-state index contributed by atoms with van der Waals surface area (Å²) in [4.78, 5) is 26.5. The number of fused-ring (bicyclic) bond motifs is 3. The predicted octanol–water partition coefficient (Wildman–Crippen LogP) is 7.77. The van der Waals surface area contributed by atoms with Gasteiger partial charge in [-0.1, -0.05) is 78.9 Å². The van der Waals surface area contributed by atoms with E-state index in [4.69, 9.17) is 0 Å². The number of hydrogen-bond acceptors (Lipinski definition) is 5. The maximum absolute atomic E-state index is 13.4. The summed E-state index contributed by atoms with van der Waals surface area (Å²) in [5.41, 5.74) is 4.61. The van der Waals surface area contributed by atoms with E-state index in [1.165, 1.54) is 0 Å². The maximum Gasteiger partial charge on any atom is 0.196 e. The van der Waals surface area contributed by atoms with Crippen molar-refractivity contribution in [2.24, 2.45) is 10.2 Å². The normalized spacial score (nSPS) is 12.6. The first-order valence-corrected chi connectivity index (χ1v) is 11.3. The first kappa shape index (κ1) is 20.7. The Balaban J connectivity index is 1.42. The minimum atomic E-state index is -0.157. The zero-order valence-electron chi connectivity index (χ0n) is 18.6. The van der Waals surface area contributed by atoms with Gasteiger partial charge in [-0.25, -0.2) is 0 Å². The molecular formula is C30H19N3O2. The summed E-state index contributed by atoms with van der Waals surface area (Å²) in [5.74, 6) is -0.295. The van der Waals surface area contributed by atoms with Gasteiger partial charge < -0.3 is 5.32 Å². The smallest absolute Gasteiger partial charge is 0.196 e. The summed E-state index contributed by atoms with van der Waals surface area (Å²) < 4.78 is 0. The SMILES string of the molecule is O=C1c2ccccc2C(=O)c2c(Nc3ccc(N=Nc4ccccc4)c4ccccc34)cccc21. The molecule has 6 rings (SSSR count). The molecule has 0 spiro atoms. The van der Waals surface area contributed by atoms with Crippen molar-refractivity contribution in [3.8, 4) is 0 Å². The van der Waals surface area contributed by atoms with Crippen molar-refractivity contribution in [2.45, 2.75) is 0 Å². The third-order valence-electron chi connectivity index (χ3n) is 6.15. The lowest BCUT2D eigenvalue weighted by atomic mass is 9.83. The van der Waals surface area contributed by atoms with Crippen LogP contribution in [0.3, 0.4) is 0 Å². The highest BCUT2D eigenvalue weighted by molar-refractivity contribution is 6.30. The van der Waals surface area contributed by atoms with E-state index in [2.05, 4.69) is 15.5 Å². The first-order chi connectivity index (χ1) is 17.2. The molecule has 0 heterocycles. The van der Waals surface area contributed by atoms with Gasteiger partial charge >= 0.3 is 0 Å². The Morgan fingerprint density at radius 2 is 1.14 bits per heavy atom. The van der Waals surface area contributed by atoms with Crippen molar-refractivity contribution in [1.82, 2.24) is 0 Å². The van der Waals surface area contributed by atoms with E-state index in [-0.39, 0.29) is 11.6 Å². The van der Waals surface area contributed by atoms with Gasteiger partial charge in [-0.05, 0) is 30.3 Å². The predicted molar refractivity (Wildman–Crippen MR) is 138 cm³/mol. The lowest BCUT2D eigenvalue weighted by Crippen LogP contribution is -2.22. The Morgan fingerprint density at radius 3 is 1.94 bits per heavy atom. The van der Waals surface area contributed by atoms with E-state index < -0.39 is 0 Å². The number of hydrogen-bond donors (Lipinski definition) is 1. The van der Waals surface area contributed by atoms with Crippen LogP contribution in [0.1, 0.15) is 31.8 Å². The molecule has 35 heavy (non-hydrogen) atoms. The molecule has 5 nitrogen and oxygen atoms in total. The van der Waals surface area contributed by atoms with Crippen LogP contribution in [0.15, 0.2) is 119 Å². The number of benzene rings is 5. The van der Waals surface area contributed by atoms with Crippen LogP contribution in [-0.4, -0.2) is 11.6 Å². The molecule has 0 radical (unpaired) electrons. The summed E-state index contributed by atoms with van der Waals surface area (Å²) in [6, 6.07) is 33.6. The molecule has 5 heteroatoms. The maximum atomic E-state index is 13.4. The van der Waals surface area contributed by atoms with Crippen LogP contribution >= 0.6 is 0 Å². The molecule has 0 aromatic heterocycles. The summed E-state index contributed by atoms with van der Waals surface area (Å²) >= 11 is 0.